The van der Waals surface area contributed by atoms with Gasteiger partial charge in [-0.15, -0.1) is 11.3 Å². The Kier molecular flexibility index (Phi) is 6.62. The van der Waals surface area contributed by atoms with Gasteiger partial charge in [-0.3, -0.25) is 4.79 Å². The van der Waals surface area contributed by atoms with Gasteiger partial charge in [-0.2, -0.15) is 0 Å². The van der Waals surface area contributed by atoms with Gasteiger partial charge in [0.25, 0.3) is 0 Å². The van der Waals surface area contributed by atoms with Crippen molar-refractivity contribution in [3.05, 3.63) is 81.7 Å². The lowest BCUT2D eigenvalue weighted by molar-refractivity contribution is -0.130. The second-order valence-electron chi connectivity index (χ2n) is 6.97. The smallest absolute Gasteiger partial charge is 0.346 e. The maximum atomic E-state index is 13.1. The van der Waals surface area contributed by atoms with Gasteiger partial charge in [-0.25, -0.2) is 4.79 Å². The van der Waals surface area contributed by atoms with Crippen LogP contribution < -0.4 is 0 Å². The van der Waals surface area contributed by atoms with E-state index < -0.39 is 12.1 Å². The van der Waals surface area contributed by atoms with Crippen molar-refractivity contribution in [2.24, 2.45) is 0 Å². The SMILES string of the molecule is CCOC(C(=O)Cc1cc(-c2ccccc2)sc1C(=O)O)c1ccc(C)cc1C. The number of carboxylic acids is 1. The van der Waals surface area contributed by atoms with E-state index in [1.807, 2.05) is 75.4 Å². The van der Waals surface area contributed by atoms with E-state index in [9.17, 15) is 14.7 Å². The highest BCUT2D eigenvalue weighted by molar-refractivity contribution is 7.17. The van der Waals surface area contributed by atoms with Crippen molar-refractivity contribution in [1.82, 2.24) is 0 Å². The molecule has 1 heterocycles. The summed E-state index contributed by atoms with van der Waals surface area (Å²) in [5.41, 5.74) is 4.41. The van der Waals surface area contributed by atoms with Gasteiger partial charge in [0.1, 0.15) is 11.0 Å². The van der Waals surface area contributed by atoms with Gasteiger partial charge in [-0.1, -0.05) is 54.1 Å². The fourth-order valence-electron chi connectivity index (χ4n) is 3.41. The van der Waals surface area contributed by atoms with E-state index in [4.69, 9.17) is 4.74 Å². The van der Waals surface area contributed by atoms with Crippen molar-refractivity contribution >= 4 is 23.1 Å². The molecule has 29 heavy (non-hydrogen) atoms. The monoisotopic (exact) mass is 408 g/mol. The molecule has 1 aromatic heterocycles. The number of Topliss-reactive ketones (excluding diaryl/α,β-unsaturated/α-hetero) is 1. The van der Waals surface area contributed by atoms with E-state index >= 15 is 0 Å². The lowest BCUT2D eigenvalue weighted by atomic mass is 9.95. The van der Waals surface area contributed by atoms with Crippen LogP contribution in [0.15, 0.2) is 54.6 Å². The molecule has 0 saturated heterocycles. The van der Waals surface area contributed by atoms with Crippen molar-refractivity contribution in [3.63, 3.8) is 0 Å². The molecule has 1 unspecified atom stereocenters. The number of aromatic carboxylic acids is 1. The molecule has 0 aliphatic carbocycles. The molecule has 2 aromatic carbocycles. The fraction of sp³-hybridized carbons (Fsp3) is 0.250. The van der Waals surface area contributed by atoms with Gasteiger partial charge >= 0.3 is 5.97 Å². The lowest BCUT2D eigenvalue weighted by Gasteiger charge is -2.19. The summed E-state index contributed by atoms with van der Waals surface area (Å²) in [4.78, 5) is 26.0. The summed E-state index contributed by atoms with van der Waals surface area (Å²) in [6.07, 6.45) is -0.689. The Bertz CT molecular complexity index is 1020. The van der Waals surface area contributed by atoms with E-state index in [0.717, 1.165) is 27.1 Å². The maximum Gasteiger partial charge on any atom is 0.346 e. The molecule has 0 radical (unpaired) electrons. The zero-order valence-electron chi connectivity index (χ0n) is 16.8. The first-order valence-electron chi connectivity index (χ1n) is 9.53. The average molecular weight is 409 g/mol. The minimum Gasteiger partial charge on any atom is -0.477 e. The molecule has 0 aliphatic heterocycles. The van der Waals surface area contributed by atoms with Crippen LogP contribution in [0.4, 0.5) is 0 Å². The Morgan fingerprint density at radius 1 is 1.07 bits per heavy atom. The van der Waals surface area contributed by atoms with Gasteiger partial charge < -0.3 is 9.84 Å². The molecule has 3 aromatic rings. The second kappa shape index (κ2) is 9.16. The van der Waals surface area contributed by atoms with Crippen LogP contribution in [-0.4, -0.2) is 23.5 Å². The van der Waals surface area contributed by atoms with Crippen molar-refractivity contribution in [2.45, 2.75) is 33.3 Å². The maximum absolute atomic E-state index is 13.1. The van der Waals surface area contributed by atoms with Crippen LogP contribution in [0.1, 0.15) is 45.0 Å². The van der Waals surface area contributed by atoms with Crippen molar-refractivity contribution < 1.29 is 19.4 Å². The van der Waals surface area contributed by atoms with Crippen LogP contribution in [0.2, 0.25) is 0 Å². The van der Waals surface area contributed by atoms with Crippen molar-refractivity contribution in [2.75, 3.05) is 6.61 Å². The molecule has 0 saturated carbocycles. The van der Waals surface area contributed by atoms with Gasteiger partial charge in [0.05, 0.1) is 0 Å². The van der Waals surface area contributed by atoms with Crippen LogP contribution in [-0.2, 0) is 16.0 Å². The molecule has 1 atom stereocenters. The molecule has 0 bridgehead atoms. The zero-order valence-corrected chi connectivity index (χ0v) is 17.6. The molecule has 4 nitrogen and oxygen atoms in total. The van der Waals surface area contributed by atoms with Crippen molar-refractivity contribution in [1.29, 1.82) is 0 Å². The van der Waals surface area contributed by atoms with E-state index in [1.54, 1.807) is 0 Å². The summed E-state index contributed by atoms with van der Waals surface area (Å²) in [5, 5.41) is 9.64. The van der Waals surface area contributed by atoms with Crippen molar-refractivity contribution in [3.8, 4) is 10.4 Å². The summed E-state index contributed by atoms with van der Waals surface area (Å²) in [6.45, 7) is 6.21. The third-order valence-electron chi connectivity index (χ3n) is 4.76. The number of ether oxygens (including phenoxy) is 1. The number of hydrogen-bond acceptors (Lipinski definition) is 4. The first kappa shape index (κ1) is 21.0. The normalized spacial score (nSPS) is 12.0. The number of thiophene rings is 1. The van der Waals surface area contributed by atoms with E-state index in [2.05, 4.69) is 0 Å². The van der Waals surface area contributed by atoms with Crippen LogP contribution in [0, 0.1) is 13.8 Å². The largest absolute Gasteiger partial charge is 0.477 e. The number of rotatable bonds is 8. The lowest BCUT2D eigenvalue weighted by Crippen LogP contribution is -2.20. The molecule has 0 amide bonds. The molecule has 5 heteroatoms. The highest BCUT2D eigenvalue weighted by atomic mass is 32.1. The number of carbonyl (C=O) groups excluding carboxylic acids is 1. The Morgan fingerprint density at radius 2 is 1.79 bits per heavy atom. The summed E-state index contributed by atoms with van der Waals surface area (Å²) in [5.74, 6) is -1.15. The molecule has 150 valence electrons. The predicted molar refractivity (Wildman–Crippen MR) is 116 cm³/mol. The first-order chi connectivity index (χ1) is 13.9. The highest BCUT2D eigenvalue weighted by Gasteiger charge is 2.26. The minimum atomic E-state index is -1.01. The zero-order chi connectivity index (χ0) is 21.0. The summed E-state index contributed by atoms with van der Waals surface area (Å²) in [6, 6.07) is 17.3. The molecule has 3 rings (SSSR count). The van der Waals surface area contributed by atoms with Gasteiger partial charge in [0.2, 0.25) is 0 Å². The Morgan fingerprint density at radius 3 is 2.41 bits per heavy atom. The Balaban J connectivity index is 1.93. The Labute approximate surface area is 174 Å². The van der Waals surface area contributed by atoms with Gasteiger partial charge in [-0.05, 0) is 49.1 Å². The molecule has 1 N–H and O–H groups in total. The van der Waals surface area contributed by atoms with Crippen LogP contribution in [0.3, 0.4) is 0 Å². The molecular weight excluding hydrogens is 384 g/mol. The summed E-state index contributed by atoms with van der Waals surface area (Å²) < 4.78 is 5.78. The topological polar surface area (TPSA) is 63.6 Å². The fourth-order valence-corrected chi connectivity index (χ4v) is 4.43. The average Bonchev–Trinajstić information content (AvgIpc) is 3.11. The summed E-state index contributed by atoms with van der Waals surface area (Å²) >= 11 is 1.20. The minimum absolute atomic E-state index is 0.0168. The van der Waals surface area contributed by atoms with E-state index in [1.165, 1.54) is 11.3 Å². The number of ketones is 1. The molecular formula is C24H24O4S. The number of carboxylic acid groups (broad SMARTS) is 1. The van der Waals surface area contributed by atoms with Crippen LogP contribution in [0.5, 0.6) is 0 Å². The number of benzene rings is 2. The molecule has 0 fully saturated rings. The second-order valence-corrected chi connectivity index (χ2v) is 8.03. The Hall–Kier alpha value is -2.76. The van der Waals surface area contributed by atoms with Gasteiger partial charge in [0.15, 0.2) is 5.78 Å². The van der Waals surface area contributed by atoms with Gasteiger partial charge in [0, 0.05) is 17.9 Å². The number of aryl methyl sites for hydroxylation is 2. The third kappa shape index (κ3) is 4.81. The third-order valence-corrected chi connectivity index (χ3v) is 5.97. The van der Waals surface area contributed by atoms with E-state index in [0.29, 0.717) is 12.2 Å². The predicted octanol–water partition coefficient (Wildman–Crippen LogP) is 5.62. The quantitative estimate of drug-likeness (QED) is 0.525. The number of carbonyl (C=O) groups is 2. The van der Waals surface area contributed by atoms with E-state index in [-0.39, 0.29) is 17.1 Å². The molecule has 0 aliphatic rings. The molecule has 0 spiro atoms. The number of hydrogen-bond donors (Lipinski definition) is 1. The summed E-state index contributed by atoms with van der Waals surface area (Å²) in [7, 11) is 0. The first-order valence-corrected chi connectivity index (χ1v) is 10.3. The van der Waals surface area contributed by atoms with Crippen LogP contribution in [0.25, 0.3) is 10.4 Å². The van der Waals surface area contributed by atoms with Crippen LogP contribution >= 0.6 is 11.3 Å². The standard InChI is InChI=1S/C24H24O4S/c1-4-28-22(19-11-10-15(2)12-16(19)3)20(25)13-18-14-21(29-23(18)24(26)27)17-8-6-5-7-9-17/h5-12,14,22H,4,13H2,1-3H3,(H,26,27). The highest BCUT2D eigenvalue weighted by Crippen LogP contribution is 2.33.